The Morgan fingerprint density at radius 1 is 1.29 bits per heavy atom. The van der Waals surface area contributed by atoms with Crippen molar-refractivity contribution in [2.24, 2.45) is 0 Å². The number of unbranched alkanes of at least 4 members (excludes halogenated alkanes) is 3. The molecule has 1 amide bonds. The van der Waals surface area contributed by atoms with Gasteiger partial charge in [0.15, 0.2) is 0 Å². The fraction of sp³-hybridized carbons (Fsp3) is 0.923. The summed E-state index contributed by atoms with van der Waals surface area (Å²) >= 11 is 0. The van der Waals surface area contributed by atoms with Crippen molar-refractivity contribution in [2.45, 2.75) is 64.5 Å². The highest BCUT2D eigenvalue weighted by Crippen LogP contribution is 2.06. The quantitative estimate of drug-likeness (QED) is 0.704. The van der Waals surface area contributed by atoms with Crippen molar-refractivity contribution in [3.05, 3.63) is 0 Å². The zero-order chi connectivity index (χ0) is 12.3. The van der Waals surface area contributed by atoms with E-state index in [4.69, 9.17) is 4.74 Å². The van der Waals surface area contributed by atoms with Gasteiger partial charge in [-0.15, -0.1) is 0 Å². The number of nitrogens with one attached hydrogen (secondary N) is 2. The van der Waals surface area contributed by atoms with Gasteiger partial charge in [0.05, 0.1) is 12.8 Å². The van der Waals surface area contributed by atoms with Gasteiger partial charge in [-0.1, -0.05) is 39.0 Å². The largest absolute Gasteiger partial charge is 0.450 e. The number of carbonyl (C=O) groups excluding carboxylic acids is 1. The van der Waals surface area contributed by atoms with Crippen LogP contribution in [0.1, 0.15) is 58.3 Å². The third-order valence-corrected chi connectivity index (χ3v) is 3.08. The summed E-state index contributed by atoms with van der Waals surface area (Å²) in [6.45, 7) is 3.70. The maximum atomic E-state index is 11.5. The van der Waals surface area contributed by atoms with Crippen LogP contribution in [0.2, 0.25) is 0 Å². The summed E-state index contributed by atoms with van der Waals surface area (Å²) in [6, 6.07) is 0. The molecule has 0 spiro atoms. The highest BCUT2D eigenvalue weighted by Gasteiger charge is 2.14. The van der Waals surface area contributed by atoms with Crippen molar-refractivity contribution in [1.29, 1.82) is 0 Å². The second-order valence-electron chi connectivity index (χ2n) is 4.70. The van der Waals surface area contributed by atoms with Crippen molar-refractivity contribution < 1.29 is 9.53 Å². The van der Waals surface area contributed by atoms with Gasteiger partial charge in [0.25, 0.3) is 0 Å². The third-order valence-electron chi connectivity index (χ3n) is 3.08. The fourth-order valence-corrected chi connectivity index (χ4v) is 2.03. The topological polar surface area (TPSA) is 50.4 Å². The summed E-state index contributed by atoms with van der Waals surface area (Å²) in [7, 11) is 0. The Labute approximate surface area is 104 Å². The van der Waals surface area contributed by atoms with Crippen LogP contribution in [0.5, 0.6) is 0 Å². The number of hydrogen-bond donors (Lipinski definition) is 2. The summed E-state index contributed by atoms with van der Waals surface area (Å²) in [5, 5.41) is 6.19. The highest BCUT2D eigenvalue weighted by molar-refractivity contribution is 5.67. The van der Waals surface area contributed by atoms with E-state index in [9.17, 15) is 4.79 Å². The predicted molar refractivity (Wildman–Crippen MR) is 68.9 cm³/mol. The van der Waals surface area contributed by atoms with Gasteiger partial charge < -0.3 is 10.1 Å². The number of rotatable bonds is 6. The molecule has 1 fully saturated rings. The zero-order valence-corrected chi connectivity index (χ0v) is 11.0. The number of ether oxygens (including phenoxy) is 1. The molecular formula is C13H26N2O2. The van der Waals surface area contributed by atoms with Crippen LogP contribution in [0.4, 0.5) is 4.79 Å². The van der Waals surface area contributed by atoms with Crippen LogP contribution >= 0.6 is 0 Å². The van der Waals surface area contributed by atoms with Crippen molar-refractivity contribution in [3.63, 3.8) is 0 Å². The lowest BCUT2D eigenvalue weighted by Gasteiger charge is -2.17. The van der Waals surface area contributed by atoms with Crippen molar-refractivity contribution in [2.75, 3.05) is 13.2 Å². The SMILES string of the molecule is CCCCCCOC(=O)NC1CCCCCN1. The van der Waals surface area contributed by atoms with Crippen LogP contribution in [-0.2, 0) is 4.74 Å². The summed E-state index contributed by atoms with van der Waals surface area (Å²) in [6.07, 6.45) is 8.99. The highest BCUT2D eigenvalue weighted by atomic mass is 16.5. The first-order valence-electron chi connectivity index (χ1n) is 6.99. The zero-order valence-electron chi connectivity index (χ0n) is 11.0. The summed E-state index contributed by atoms with van der Waals surface area (Å²) in [5.41, 5.74) is 0. The molecule has 4 nitrogen and oxygen atoms in total. The van der Waals surface area contributed by atoms with Crippen molar-refractivity contribution in [3.8, 4) is 0 Å². The second kappa shape index (κ2) is 9.28. The maximum absolute atomic E-state index is 11.5. The van der Waals surface area contributed by atoms with Crippen LogP contribution in [0.25, 0.3) is 0 Å². The van der Waals surface area contributed by atoms with Crippen LogP contribution in [0.15, 0.2) is 0 Å². The summed E-state index contributed by atoms with van der Waals surface area (Å²) < 4.78 is 5.14. The molecule has 0 aromatic rings. The van der Waals surface area contributed by atoms with Gasteiger partial charge >= 0.3 is 6.09 Å². The molecule has 0 aromatic carbocycles. The average molecular weight is 242 g/mol. The summed E-state index contributed by atoms with van der Waals surface area (Å²) in [4.78, 5) is 11.5. The van der Waals surface area contributed by atoms with Gasteiger partial charge in [0.2, 0.25) is 0 Å². The fourth-order valence-electron chi connectivity index (χ4n) is 2.03. The molecule has 1 saturated heterocycles. The Kier molecular flexibility index (Phi) is 7.80. The number of carbonyl (C=O) groups is 1. The lowest BCUT2D eigenvalue weighted by atomic mass is 10.2. The van der Waals surface area contributed by atoms with E-state index in [0.717, 1.165) is 25.8 Å². The minimum absolute atomic E-state index is 0.0978. The van der Waals surface area contributed by atoms with E-state index >= 15 is 0 Å². The lowest BCUT2D eigenvalue weighted by molar-refractivity contribution is 0.137. The Hall–Kier alpha value is -0.770. The molecule has 1 atom stereocenters. The molecule has 0 bridgehead atoms. The van der Waals surface area contributed by atoms with E-state index < -0.39 is 0 Å². The molecule has 1 heterocycles. The van der Waals surface area contributed by atoms with Gasteiger partial charge in [0, 0.05) is 0 Å². The minimum Gasteiger partial charge on any atom is -0.450 e. The first kappa shape index (κ1) is 14.3. The second-order valence-corrected chi connectivity index (χ2v) is 4.70. The standard InChI is InChI=1S/C13H26N2O2/c1-2-3-4-8-11-17-13(16)15-12-9-6-5-7-10-14-12/h12,14H,2-11H2,1H3,(H,15,16). The monoisotopic (exact) mass is 242 g/mol. The molecule has 0 saturated carbocycles. The molecule has 1 unspecified atom stereocenters. The Bertz CT molecular complexity index is 202. The van der Waals surface area contributed by atoms with Crippen LogP contribution < -0.4 is 10.6 Å². The molecule has 4 heteroatoms. The van der Waals surface area contributed by atoms with Gasteiger partial charge in [-0.05, 0) is 25.8 Å². The lowest BCUT2D eigenvalue weighted by Crippen LogP contribution is -2.45. The number of hydrogen-bond acceptors (Lipinski definition) is 3. The first-order chi connectivity index (χ1) is 8.33. The normalized spacial score (nSPS) is 20.6. The molecule has 17 heavy (non-hydrogen) atoms. The van der Waals surface area contributed by atoms with Crippen LogP contribution in [0.3, 0.4) is 0 Å². The maximum Gasteiger partial charge on any atom is 0.408 e. The number of alkyl carbamates (subject to hydrolysis) is 1. The molecule has 100 valence electrons. The molecule has 0 aromatic heterocycles. The van der Waals surface area contributed by atoms with E-state index in [1.807, 2.05) is 0 Å². The molecule has 1 rings (SSSR count). The van der Waals surface area contributed by atoms with E-state index in [-0.39, 0.29) is 12.3 Å². The predicted octanol–water partition coefficient (Wildman–Crippen LogP) is 2.78. The van der Waals surface area contributed by atoms with E-state index in [0.29, 0.717) is 6.61 Å². The Morgan fingerprint density at radius 2 is 2.18 bits per heavy atom. The summed E-state index contributed by atoms with van der Waals surface area (Å²) in [5.74, 6) is 0. The molecule has 0 aliphatic carbocycles. The molecule has 1 aliphatic heterocycles. The smallest absolute Gasteiger partial charge is 0.408 e. The molecule has 1 aliphatic rings. The van der Waals surface area contributed by atoms with E-state index in [1.54, 1.807) is 0 Å². The third kappa shape index (κ3) is 7.21. The van der Waals surface area contributed by atoms with Gasteiger partial charge in [-0.3, -0.25) is 5.32 Å². The van der Waals surface area contributed by atoms with Crippen molar-refractivity contribution in [1.82, 2.24) is 10.6 Å². The Balaban J connectivity index is 2.03. The van der Waals surface area contributed by atoms with Crippen molar-refractivity contribution >= 4 is 6.09 Å². The van der Waals surface area contributed by atoms with Gasteiger partial charge in [-0.25, -0.2) is 4.79 Å². The first-order valence-corrected chi connectivity index (χ1v) is 6.99. The van der Waals surface area contributed by atoms with E-state index in [2.05, 4.69) is 17.6 Å². The number of amides is 1. The van der Waals surface area contributed by atoms with E-state index in [1.165, 1.54) is 32.1 Å². The van der Waals surface area contributed by atoms with Gasteiger partial charge in [-0.2, -0.15) is 0 Å². The minimum atomic E-state index is -0.277. The molecule has 0 radical (unpaired) electrons. The van der Waals surface area contributed by atoms with Crippen LogP contribution in [0, 0.1) is 0 Å². The van der Waals surface area contributed by atoms with Crippen LogP contribution in [-0.4, -0.2) is 25.4 Å². The molecule has 2 N–H and O–H groups in total. The van der Waals surface area contributed by atoms with Gasteiger partial charge in [0.1, 0.15) is 0 Å². The Morgan fingerprint density at radius 3 is 3.00 bits per heavy atom. The average Bonchev–Trinajstić information content (AvgIpc) is 2.57. The molecular weight excluding hydrogens is 216 g/mol.